The third-order valence-electron chi connectivity index (χ3n) is 3.36. The molecule has 0 bridgehead atoms. The molecule has 0 aliphatic heterocycles. The molecular weight excluding hydrogens is 328 g/mol. The zero-order valence-corrected chi connectivity index (χ0v) is 15.0. The van der Waals surface area contributed by atoms with Gasteiger partial charge in [0, 0.05) is 12.5 Å². The minimum absolute atomic E-state index is 0.0988. The van der Waals surface area contributed by atoms with E-state index in [-0.39, 0.29) is 34.6 Å². The first-order chi connectivity index (χ1) is 11.7. The van der Waals surface area contributed by atoms with E-state index in [9.17, 15) is 19.5 Å². The van der Waals surface area contributed by atoms with Gasteiger partial charge in [-0.2, -0.15) is 0 Å². The van der Waals surface area contributed by atoms with Crippen LogP contribution >= 0.6 is 0 Å². The lowest BCUT2D eigenvalue weighted by molar-refractivity contribution is -0.139. The fraction of sp³-hybridized carbons (Fsp3) is 0.471. The lowest BCUT2D eigenvalue weighted by Gasteiger charge is -2.18. The largest absolute Gasteiger partial charge is 0.493 e. The van der Waals surface area contributed by atoms with Gasteiger partial charge in [-0.15, -0.1) is 0 Å². The second-order valence-corrected chi connectivity index (χ2v) is 5.93. The molecule has 0 radical (unpaired) electrons. The van der Waals surface area contributed by atoms with Crippen LogP contribution in [-0.4, -0.2) is 43.2 Å². The molecule has 8 nitrogen and oxygen atoms in total. The maximum Gasteiger partial charge on any atom is 0.326 e. The Morgan fingerprint density at radius 1 is 1.16 bits per heavy atom. The Morgan fingerprint density at radius 3 is 2.24 bits per heavy atom. The van der Waals surface area contributed by atoms with Gasteiger partial charge in [-0.1, -0.05) is 13.8 Å². The van der Waals surface area contributed by atoms with Gasteiger partial charge in [-0.3, -0.25) is 9.59 Å². The van der Waals surface area contributed by atoms with Crippen LogP contribution in [0.3, 0.4) is 0 Å². The Morgan fingerprint density at radius 2 is 1.80 bits per heavy atom. The molecule has 1 rings (SSSR count). The number of anilines is 1. The molecule has 0 aliphatic carbocycles. The number of ether oxygens (including phenoxy) is 2. The van der Waals surface area contributed by atoms with Gasteiger partial charge in [-0.25, -0.2) is 4.79 Å². The standard InChI is InChI=1S/C17H24N2O6/c1-9(2)6-13(17(22)23)19-16(21)11-7-12(18-10(3)20)15(25-5)14(8-11)24-4/h7-9,13H,6H2,1-5H3,(H,18,20)(H,19,21)(H,22,23)/t13-/m0/s1. The monoisotopic (exact) mass is 352 g/mol. The van der Waals surface area contributed by atoms with Crippen LogP contribution in [0.15, 0.2) is 12.1 Å². The van der Waals surface area contributed by atoms with Gasteiger partial charge >= 0.3 is 5.97 Å². The van der Waals surface area contributed by atoms with E-state index in [0.717, 1.165) is 0 Å². The van der Waals surface area contributed by atoms with Gasteiger partial charge in [0.1, 0.15) is 6.04 Å². The Labute approximate surface area is 146 Å². The molecule has 1 atom stereocenters. The summed E-state index contributed by atoms with van der Waals surface area (Å²) >= 11 is 0. The van der Waals surface area contributed by atoms with Gasteiger partial charge in [0.25, 0.3) is 5.91 Å². The Hall–Kier alpha value is -2.77. The topological polar surface area (TPSA) is 114 Å². The molecule has 2 amide bonds. The summed E-state index contributed by atoms with van der Waals surface area (Å²) in [7, 11) is 2.81. The zero-order valence-electron chi connectivity index (χ0n) is 15.0. The molecule has 8 heteroatoms. The Kier molecular flexibility index (Phi) is 7.22. The van der Waals surface area contributed by atoms with Crippen LogP contribution in [0.25, 0.3) is 0 Å². The number of amides is 2. The van der Waals surface area contributed by atoms with Gasteiger partial charge in [0.15, 0.2) is 11.5 Å². The highest BCUT2D eigenvalue weighted by Crippen LogP contribution is 2.36. The summed E-state index contributed by atoms with van der Waals surface area (Å²) in [4.78, 5) is 35.1. The van der Waals surface area contributed by atoms with Gasteiger partial charge in [0.05, 0.1) is 19.9 Å². The molecule has 0 aliphatic rings. The lowest BCUT2D eigenvalue weighted by Crippen LogP contribution is -2.41. The molecule has 0 saturated carbocycles. The van der Waals surface area contributed by atoms with Crippen molar-refractivity contribution < 1.29 is 29.0 Å². The van der Waals surface area contributed by atoms with E-state index in [1.807, 2.05) is 13.8 Å². The van der Waals surface area contributed by atoms with Crippen molar-refractivity contribution in [3.63, 3.8) is 0 Å². The van der Waals surface area contributed by atoms with E-state index < -0.39 is 17.9 Å². The fourth-order valence-corrected chi connectivity index (χ4v) is 2.31. The van der Waals surface area contributed by atoms with Crippen LogP contribution in [0.4, 0.5) is 5.69 Å². The van der Waals surface area contributed by atoms with Gasteiger partial charge in [0.2, 0.25) is 5.91 Å². The van der Waals surface area contributed by atoms with E-state index in [0.29, 0.717) is 6.42 Å². The predicted molar refractivity (Wildman–Crippen MR) is 92.2 cm³/mol. The number of carboxylic acid groups (broad SMARTS) is 1. The molecule has 1 aromatic rings. The number of aliphatic carboxylic acids is 1. The van der Waals surface area contributed by atoms with E-state index in [1.54, 1.807) is 0 Å². The van der Waals surface area contributed by atoms with Gasteiger partial charge < -0.3 is 25.2 Å². The molecule has 0 fully saturated rings. The van der Waals surface area contributed by atoms with Crippen molar-refractivity contribution in [3.8, 4) is 11.5 Å². The second kappa shape index (κ2) is 8.91. The molecule has 0 unspecified atom stereocenters. The molecule has 1 aromatic carbocycles. The first kappa shape index (κ1) is 20.3. The quantitative estimate of drug-likeness (QED) is 0.658. The van der Waals surface area contributed by atoms with Crippen LogP contribution in [0.2, 0.25) is 0 Å². The zero-order chi connectivity index (χ0) is 19.1. The normalized spacial score (nSPS) is 11.6. The number of carbonyl (C=O) groups is 3. The molecule has 25 heavy (non-hydrogen) atoms. The summed E-state index contributed by atoms with van der Waals surface area (Å²) in [6.07, 6.45) is 0.299. The van der Waals surface area contributed by atoms with E-state index in [1.165, 1.54) is 33.3 Å². The predicted octanol–water partition coefficient (Wildman–Crippen LogP) is 1.89. The first-order valence-electron chi connectivity index (χ1n) is 7.76. The number of methoxy groups -OCH3 is 2. The van der Waals surface area contributed by atoms with Crippen molar-refractivity contribution in [2.45, 2.75) is 33.2 Å². The van der Waals surface area contributed by atoms with Crippen molar-refractivity contribution in [2.75, 3.05) is 19.5 Å². The summed E-state index contributed by atoms with van der Waals surface area (Å²) < 4.78 is 10.4. The second-order valence-electron chi connectivity index (χ2n) is 5.93. The third kappa shape index (κ3) is 5.66. The summed E-state index contributed by atoms with van der Waals surface area (Å²) in [5.74, 6) is -1.42. The highest BCUT2D eigenvalue weighted by molar-refractivity contribution is 6.00. The number of carboxylic acids is 1. The van der Waals surface area contributed by atoms with E-state index >= 15 is 0 Å². The molecule has 0 aromatic heterocycles. The number of hydrogen-bond acceptors (Lipinski definition) is 5. The third-order valence-corrected chi connectivity index (χ3v) is 3.36. The first-order valence-corrected chi connectivity index (χ1v) is 7.76. The van der Waals surface area contributed by atoms with Crippen LogP contribution in [0.5, 0.6) is 11.5 Å². The molecule has 0 saturated heterocycles. The van der Waals surface area contributed by atoms with Crippen LogP contribution < -0.4 is 20.1 Å². The number of benzene rings is 1. The summed E-state index contributed by atoms with van der Waals surface area (Å²) in [6, 6.07) is 1.82. The molecule has 0 spiro atoms. The van der Waals surface area contributed by atoms with Crippen molar-refractivity contribution in [2.24, 2.45) is 5.92 Å². The van der Waals surface area contributed by atoms with Crippen molar-refractivity contribution >= 4 is 23.5 Å². The SMILES string of the molecule is COc1cc(C(=O)N[C@@H](CC(C)C)C(=O)O)cc(NC(C)=O)c1OC. The number of hydrogen-bond donors (Lipinski definition) is 3. The van der Waals surface area contributed by atoms with Crippen LogP contribution in [0.1, 0.15) is 37.6 Å². The van der Waals surface area contributed by atoms with E-state index in [2.05, 4.69) is 10.6 Å². The smallest absolute Gasteiger partial charge is 0.326 e. The lowest BCUT2D eigenvalue weighted by atomic mass is 10.0. The Bertz CT molecular complexity index is 657. The minimum atomic E-state index is -1.11. The average molecular weight is 352 g/mol. The maximum atomic E-state index is 12.5. The van der Waals surface area contributed by atoms with Crippen molar-refractivity contribution in [1.82, 2.24) is 5.32 Å². The Balaban J connectivity index is 3.19. The highest BCUT2D eigenvalue weighted by Gasteiger charge is 2.23. The van der Waals surface area contributed by atoms with Crippen molar-refractivity contribution in [1.29, 1.82) is 0 Å². The molecular formula is C17H24N2O6. The maximum absolute atomic E-state index is 12.5. The fourth-order valence-electron chi connectivity index (χ4n) is 2.31. The van der Waals surface area contributed by atoms with Gasteiger partial charge in [-0.05, 0) is 24.5 Å². The molecule has 3 N–H and O–H groups in total. The van der Waals surface area contributed by atoms with Crippen LogP contribution in [-0.2, 0) is 9.59 Å². The molecule has 138 valence electrons. The summed E-state index contributed by atoms with van der Waals surface area (Å²) in [5.41, 5.74) is 0.409. The average Bonchev–Trinajstić information content (AvgIpc) is 2.52. The molecule has 0 heterocycles. The summed E-state index contributed by atoms with van der Waals surface area (Å²) in [5, 5.41) is 14.3. The highest BCUT2D eigenvalue weighted by atomic mass is 16.5. The van der Waals surface area contributed by atoms with Crippen LogP contribution in [0, 0.1) is 5.92 Å². The number of rotatable bonds is 8. The van der Waals surface area contributed by atoms with Crippen molar-refractivity contribution in [3.05, 3.63) is 17.7 Å². The van der Waals surface area contributed by atoms with E-state index in [4.69, 9.17) is 9.47 Å². The number of carbonyl (C=O) groups excluding carboxylic acids is 2. The minimum Gasteiger partial charge on any atom is -0.493 e. The number of nitrogens with one attached hydrogen (secondary N) is 2. The summed E-state index contributed by atoms with van der Waals surface area (Å²) in [6.45, 7) is 5.06.